The summed E-state index contributed by atoms with van der Waals surface area (Å²) in [5.41, 5.74) is -0.124. The first-order valence-electron chi connectivity index (χ1n) is 7.07. The summed E-state index contributed by atoms with van der Waals surface area (Å²) in [6.45, 7) is 0.708. The summed E-state index contributed by atoms with van der Waals surface area (Å²) in [6.07, 6.45) is 1.34. The largest absolute Gasteiger partial charge is 0.516 e. The summed E-state index contributed by atoms with van der Waals surface area (Å²) >= 11 is 0. The average Bonchev–Trinajstić information content (AvgIpc) is 2.56. The summed E-state index contributed by atoms with van der Waals surface area (Å²) in [5, 5.41) is 10.5. The number of ether oxygens (including phenoxy) is 3. The fourth-order valence-electron chi connectivity index (χ4n) is 2.06. The summed E-state index contributed by atoms with van der Waals surface area (Å²) in [6, 6.07) is 4.91. The number of hydrogen-bond donors (Lipinski definition) is 0. The highest BCUT2D eigenvalue weighted by molar-refractivity contribution is 5.68. The number of non-ortho nitro benzene ring substituents is 1. The van der Waals surface area contributed by atoms with Gasteiger partial charge in [-0.1, -0.05) is 0 Å². The molecule has 1 aromatic carbocycles. The Labute approximate surface area is 131 Å². The summed E-state index contributed by atoms with van der Waals surface area (Å²) < 4.78 is 14.2. The maximum Gasteiger partial charge on any atom is 0.516 e. The lowest BCUT2D eigenvalue weighted by molar-refractivity contribution is -0.384. The molecule has 1 aliphatic heterocycles. The Bertz CT molecular complexity index is 567. The summed E-state index contributed by atoms with van der Waals surface area (Å²) in [7, 11) is 0. The van der Waals surface area contributed by atoms with E-state index in [1.165, 1.54) is 24.3 Å². The Hall–Kier alpha value is -2.84. The average molecular weight is 324 g/mol. The quantitative estimate of drug-likeness (QED) is 0.275. The minimum Gasteiger partial charge on any atom is -0.411 e. The molecule has 0 N–H and O–H groups in total. The normalized spacial score (nSPS) is 14.0. The van der Waals surface area contributed by atoms with E-state index in [4.69, 9.17) is 9.47 Å². The van der Waals surface area contributed by atoms with E-state index >= 15 is 0 Å². The van der Waals surface area contributed by atoms with Crippen molar-refractivity contribution >= 4 is 17.9 Å². The number of hydrogen-bond acceptors (Lipinski definition) is 7. The van der Waals surface area contributed by atoms with Crippen molar-refractivity contribution < 1.29 is 28.7 Å². The highest BCUT2D eigenvalue weighted by atomic mass is 16.8. The van der Waals surface area contributed by atoms with E-state index < -0.39 is 24.0 Å². The summed E-state index contributed by atoms with van der Waals surface area (Å²) in [4.78, 5) is 34.5. The first-order valence-corrected chi connectivity index (χ1v) is 7.07. The minimum atomic E-state index is -1.06. The molecule has 0 aliphatic carbocycles. The number of nitrogens with zero attached hydrogens (tertiary/aromatic N) is 2. The number of carbonyl (C=O) groups is 2. The van der Waals surface area contributed by atoms with Crippen molar-refractivity contribution in [1.82, 2.24) is 4.90 Å². The molecular formula is C14H16N2O7. The second-order valence-corrected chi connectivity index (χ2v) is 4.82. The van der Waals surface area contributed by atoms with E-state index in [-0.39, 0.29) is 11.4 Å². The first kappa shape index (κ1) is 16.5. The van der Waals surface area contributed by atoms with Crippen LogP contribution in [-0.4, -0.2) is 42.0 Å². The molecule has 0 aromatic heterocycles. The Balaban J connectivity index is 1.70. The standard InChI is InChI=1S/C14H16N2O7/c17-13(15-8-2-1-3-9-15)21-10-22-14(18)23-12-6-4-11(5-7-12)16(19)20/h4-7H,1-3,8-10H2. The molecule has 0 bridgehead atoms. The monoisotopic (exact) mass is 324 g/mol. The van der Waals surface area contributed by atoms with E-state index in [9.17, 15) is 19.7 Å². The predicted octanol–water partition coefficient (Wildman–Crippen LogP) is 2.69. The lowest BCUT2D eigenvalue weighted by Gasteiger charge is -2.25. The second-order valence-electron chi connectivity index (χ2n) is 4.82. The molecule has 23 heavy (non-hydrogen) atoms. The zero-order valence-corrected chi connectivity index (χ0v) is 12.3. The summed E-state index contributed by atoms with van der Waals surface area (Å²) in [5.74, 6) is 0.0861. The van der Waals surface area contributed by atoms with Crippen molar-refractivity contribution in [2.75, 3.05) is 19.9 Å². The molecule has 0 radical (unpaired) electrons. The van der Waals surface area contributed by atoms with E-state index in [1.807, 2.05) is 0 Å². The van der Waals surface area contributed by atoms with E-state index in [0.29, 0.717) is 13.1 Å². The van der Waals surface area contributed by atoms with Gasteiger partial charge in [0, 0.05) is 25.2 Å². The number of nitro groups is 1. The van der Waals surface area contributed by atoms with Crippen LogP contribution in [-0.2, 0) is 9.47 Å². The number of carbonyl (C=O) groups excluding carboxylic acids is 2. The van der Waals surface area contributed by atoms with Crippen LogP contribution in [0, 0.1) is 10.1 Å². The SMILES string of the molecule is O=C(OCOC(=O)N1CCCCC1)Oc1ccc([N+](=O)[O-])cc1. The third-order valence-electron chi connectivity index (χ3n) is 3.22. The van der Waals surface area contributed by atoms with Crippen LogP contribution >= 0.6 is 0 Å². The Morgan fingerprint density at radius 2 is 1.74 bits per heavy atom. The van der Waals surface area contributed by atoms with Gasteiger partial charge in [-0.15, -0.1) is 0 Å². The number of amides is 1. The smallest absolute Gasteiger partial charge is 0.411 e. The van der Waals surface area contributed by atoms with Gasteiger partial charge in [0.05, 0.1) is 4.92 Å². The molecule has 1 amide bonds. The van der Waals surface area contributed by atoms with Gasteiger partial charge in [0.1, 0.15) is 5.75 Å². The van der Waals surface area contributed by atoms with Crippen LogP contribution in [0.2, 0.25) is 0 Å². The molecule has 0 unspecified atom stereocenters. The van der Waals surface area contributed by atoms with Gasteiger partial charge < -0.3 is 19.1 Å². The Morgan fingerprint density at radius 3 is 2.35 bits per heavy atom. The van der Waals surface area contributed by atoms with Gasteiger partial charge in [-0.05, 0) is 31.4 Å². The third-order valence-corrected chi connectivity index (χ3v) is 3.22. The molecule has 1 fully saturated rings. The van der Waals surface area contributed by atoms with Gasteiger partial charge in [0.25, 0.3) is 5.69 Å². The number of nitro benzene ring substituents is 1. The lowest BCUT2D eigenvalue weighted by atomic mass is 10.1. The van der Waals surface area contributed by atoms with Gasteiger partial charge in [-0.25, -0.2) is 9.59 Å². The van der Waals surface area contributed by atoms with Crippen LogP contribution in [0.3, 0.4) is 0 Å². The molecule has 9 heteroatoms. The van der Waals surface area contributed by atoms with E-state index in [1.54, 1.807) is 4.90 Å². The van der Waals surface area contributed by atoms with E-state index in [0.717, 1.165) is 19.3 Å². The highest BCUT2D eigenvalue weighted by Crippen LogP contribution is 2.17. The molecule has 0 saturated carbocycles. The molecule has 1 aromatic rings. The van der Waals surface area contributed by atoms with Crippen LogP contribution < -0.4 is 4.74 Å². The fraction of sp³-hybridized carbons (Fsp3) is 0.429. The molecule has 1 saturated heterocycles. The topological polar surface area (TPSA) is 108 Å². The zero-order chi connectivity index (χ0) is 16.7. The molecule has 0 spiro atoms. The Kier molecular flexibility index (Phi) is 5.73. The highest BCUT2D eigenvalue weighted by Gasteiger charge is 2.18. The number of likely N-dealkylation sites (tertiary alicyclic amines) is 1. The Morgan fingerprint density at radius 1 is 1.09 bits per heavy atom. The van der Waals surface area contributed by atoms with Crippen molar-refractivity contribution in [3.8, 4) is 5.75 Å². The maximum atomic E-state index is 11.6. The molecule has 9 nitrogen and oxygen atoms in total. The van der Waals surface area contributed by atoms with Crippen molar-refractivity contribution in [2.24, 2.45) is 0 Å². The molecule has 0 atom stereocenters. The number of piperidine rings is 1. The second kappa shape index (κ2) is 7.97. The van der Waals surface area contributed by atoms with Crippen molar-refractivity contribution in [2.45, 2.75) is 19.3 Å². The third kappa shape index (κ3) is 5.13. The fourth-order valence-corrected chi connectivity index (χ4v) is 2.06. The number of benzene rings is 1. The van der Waals surface area contributed by atoms with Gasteiger partial charge in [0.2, 0.25) is 6.79 Å². The lowest BCUT2D eigenvalue weighted by Crippen LogP contribution is -2.36. The minimum absolute atomic E-state index is 0.0861. The van der Waals surface area contributed by atoms with Gasteiger partial charge in [-0.2, -0.15) is 0 Å². The molecular weight excluding hydrogens is 308 g/mol. The van der Waals surface area contributed by atoms with Crippen molar-refractivity contribution in [3.63, 3.8) is 0 Å². The van der Waals surface area contributed by atoms with Gasteiger partial charge in [-0.3, -0.25) is 10.1 Å². The van der Waals surface area contributed by atoms with Crippen molar-refractivity contribution in [1.29, 1.82) is 0 Å². The van der Waals surface area contributed by atoms with Crippen LogP contribution in [0.1, 0.15) is 19.3 Å². The van der Waals surface area contributed by atoms with Gasteiger partial charge >= 0.3 is 12.2 Å². The van der Waals surface area contributed by atoms with Gasteiger partial charge in [0.15, 0.2) is 0 Å². The first-order chi connectivity index (χ1) is 11.1. The zero-order valence-electron chi connectivity index (χ0n) is 12.3. The van der Waals surface area contributed by atoms with Crippen LogP contribution in [0.5, 0.6) is 5.75 Å². The van der Waals surface area contributed by atoms with Crippen LogP contribution in [0.25, 0.3) is 0 Å². The predicted molar refractivity (Wildman–Crippen MR) is 77.0 cm³/mol. The van der Waals surface area contributed by atoms with Crippen molar-refractivity contribution in [3.05, 3.63) is 34.4 Å². The molecule has 1 heterocycles. The van der Waals surface area contributed by atoms with E-state index in [2.05, 4.69) is 4.74 Å². The maximum absolute atomic E-state index is 11.6. The molecule has 1 aliphatic rings. The molecule has 124 valence electrons. The van der Waals surface area contributed by atoms with Crippen LogP contribution in [0.4, 0.5) is 15.3 Å². The van der Waals surface area contributed by atoms with Crippen LogP contribution in [0.15, 0.2) is 24.3 Å². The number of rotatable bonds is 4. The molecule has 2 rings (SSSR count).